The fraction of sp³-hybridized carbons (Fsp3) is 0.250. The molecule has 0 saturated heterocycles. The average molecular weight is 193 g/mol. The van der Waals surface area contributed by atoms with Gasteiger partial charge < -0.3 is 0 Å². The smallest absolute Gasteiger partial charge is 0.0961 e. The van der Waals surface area contributed by atoms with E-state index in [9.17, 15) is 0 Å². The summed E-state index contributed by atoms with van der Waals surface area (Å²) in [5.41, 5.74) is 2.65. The SMILES string of the molecule is CC=C=C=NI. The highest BCUT2D eigenvalue weighted by molar-refractivity contribution is 14.1. The fourth-order valence-electron chi connectivity index (χ4n) is 0.0889. The van der Waals surface area contributed by atoms with Gasteiger partial charge >= 0.3 is 0 Å². The summed E-state index contributed by atoms with van der Waals surface area (Å²) in [6.45, 7) is 1.87. The second kappa shape index (κ2) is 4.96. The minimum absolute atomic E-state index is 1.75. The van der Waals surface area contributed by atoms with E-state index in [0.29, 0.717) is 0 Å². The molecule has 0 spiro atoms. The largest absolute Gasteiger partial charge is 0.164 e. The highest BCUT2D eigenvalue weighted by Gasteiger charge is 1.38. The summed E-state index contributed by atoms with van der Waals surface area (Å²) >= 11 is 1.84. The van der Waals surface area contributed by atoms with Crippen LogP contribution in [0.4, 0.5) is 0 Å². The number of rotatable bonds is 0. The van der Waals surface area contributed by atoms with Gasteiger partial charge in [-0.2, -0.15) is 3.21 Å². The lowest BCUT2D eigenvalue weighted by atomic mass is 10.7. The molecule has 0 bridgehead atoms. The number of allylic oxidation sites excluding steroid dienone is 1. The van der Waals surface area contributed by atoms with Crippen molar-refractivity contribution < 1.29 is 0 Å². The molecule has 32 valence electrons. The first-order chi connectivity index (χ1) is 2.91. The van der Waals surface area contributed by atoms with Crippen LogP contribution in [0.15, 0.2) is 15.0 Å². The van der Waals surface area contributed by atoms with Crippen LogP contribution in [0.25, 0.3) is 0 Å². The molecule has 0 atom stereocenters. The number of nitrogens with zero attached hydrogens (tertiary/aromatic N) is 1. The van der Waals surface area contributed by atoms with Gasteiger partial charge in [-0.05, 0) is 13.0 Å². The lowest BCUT2D eigenvalue weighted by molar-refractivity contribution is 1.79. The third-order valence-corrected chi connectivity index (χ3v) is 0.492. The summed E-state index contributed by atoms with van der Waals surface area (Å²) in [4.78, 5) is 0. The second-order valence-corrected chi connectivity index (χ2v) is 1.11. The Morgan fingerprint density at radius 2 is 2.50 bits per heavy atom. The molecule has 1 nitrogen and oxygen atoms in total. The van der Waals surface area contributed by atoms with Crippen LogP contribution in [0.5, 0.6) is 0 Å². The number of halogens is 1. The van der Waals surface area contributed by atoms with Gasteiger partial charge in [0, 0.05) is 5.87 Å². The van der Waals surface area contributed by atoms with Crippen molar-refractivity contribution in [1.29, 1.82) is 0 Å². The van der Waals surface area contributed by atoms with Gasteiger partial charge in [0.25, 0.3) is 0 Å². The Morgan fingerprint density at radius 1 is 1.83 bits per heavy atom. The molecule has 0 aromatic carbocycles. The zero-order valence-electron chi connectivity index (χ0n) is 3.40. The molecule has 0 N–H and O–H groups in total. The molecule has 0 aromatic heterocycles. The third kappa shape index (κ3) is 3.96. The van der Waals surface area contributed by atoms with Crippen molar-refractivity contribution in [1.82, 2.24) is 0 Å². The second-order valence-electron chi connectivity index (χ2n) is 0.629. The van der Waals surface area contributed by atoms with E-state index in [4.69, 9.17) is 0 Å². The molecule has 0 aliphatic rings. The first-order valence-electron chi connectivity index (χ1n) is 1.51. The molecule has 0 heterocycles. The molecule has 6 heavy (non-hydrogen) atoms. The number of hydrogen-bond acceptors (Lipinski definition) is 1. The van der Waals surface area contributed by atoms with Gasteiger partial charge in [-0.15, -0.1) is 0 Å². The third-order valence-electron chi connectivity index (χ3n) is 0.251. The Balaban J connectivity index is 3.79. The topological polar surface area (TPSA) is 12.4 Å². The van der Waals surface area contributed by atoms with Crippen LogP contribution < -0.4 is 0 Å². The van der Waals surface area contributed by atoms with Crippen LogP contribution in [0.1, 0.15) is 6.92 Å². The summed E-state index contributed by atoms with van der Waals surface area (Å²) in [6, 6.07) is 0. The Morgan fingerprint density at radius 3 is 2.67 bits per heavy atom. The van der Waals surface area contributed by atoms with E-state index in [1.54, 1.807) is 6.08 Å². The zero-order valence-corrected chi connectivity index (χ0v) is 5.56. The molecule has 0 aliphatic carbocycles. The molecule has 0 unspecified atom stereocenters. The van der Waals surface area contributed by atoms with E-state index in [0.717, 1.165) is 0 Å². The standard InChI is InChI=1S/C4H4IN/c1-2-3-4-6-5/h2H,1H3. The van der Waals surface area contributed by atoms with Gasteiger partial charge in [-0.1, -0.05) is 5.73 Å². The lowest BCUT2D eigenvalue weighted by Gasteiger charge is -1.45. The van der Waals surface area contributed by atoms with Gasteiger partial charge in [-0.25, -0.2) is 0 Å². The maximum absolute atomic E-state index is 3.50. The molecular formula is C4H4IN. The summed E-state index contributed by atoms with van der Waals surface area (Å²) in [5.74, 6) is 2.50. The predicted octanol–water partition coefficient (Wildman–Crippen LogP) is 1.74. The maximum atomic E-state index is 3.50. The van der Waals surface area contributed by atoms with E-state index in [1.165, 1.54) is 0 Å². The molecule has 0 amide bonds. The van der Waals surface area contributed by atoms with Crippen LogP contribution in [-0.2, 0) is 0 Å². The van der Waals surface area contributed by atoms with Crippen molar-refractivity contribution in [2.24, 2.45) is 3.21 Å². The average Bonchev–Trinajstić information content (AvgIpc) is 1.61. The van der Waals surface area contributed by atoms with Crippen LogP contribution in [-0.4, -0.2) is 5.87 Å². The van der Waals surface area contributed by atoms with Crippen molar-refractivity contribution in [3.05, 3.63) is 11.8 Å². The number of hydrogen-bond donors (Lipinski definition) is 0. The summed E-state index contributed by atoms with van der Waals surface area (Å²) in [5, 5.41) is 0. The van der Waals surface area contributed by atoms with Crippen LogP contribution in [0, 0.1) is 0 Å². The molecule has 0 fully saturated rings. The van der Waals surface area contributed by atoms with Crippen molar-refractivity contribution in [3.8, 4) is 0 Å². The minimum atomic E-state index is 1.75. The van der Waals surface area contributed by atoms with Crippen molar-refractivity contribution in [3.63, 3.8) is 0 Å². The quantitative estimate of drug-likeness (QED) is 0.315. The van der Waals surface area contributed by atoms with Gasteiger partial charge in [0.1, 0.15) is 0 Å². The van der Waals surface area contributed by atoms with Gasteiger partial charge in [0.15, 0.2) is 0 Å². The molecule has 0 aliphatic heterocycles. The lowest BCUT2D eigenvalue weighted by Crippen LogP contribution is -1.33. The van der Waals surface area contributed by atoms with Crippen molar-refractivity contribution in [2.75, 3.05) is 0 Å². The zero-order chi connectivity index (χ0) is 4.83. The highest BCUT2D eigenvalue weighted by Crippen LogP contribution is 1.72. The van der Waals surface area contributed by atoms with E-state index in [1.807, 2.05) is 29.8 Å². The summed E-state index contributed by atoms with van der Waals surface area (Å²) in [7, 11) is 0. The van der Waals surface area contributed by atoms with Crippen molar-refractivity contribution in [2.45, 2.75) is 6.92 Å². The minimum Gasteiger partial charge on any atom is -0.164 e. The first kappa shape index (κ1) is 5.96. The first-order valence-corrected chi connectivity index (χ1v) is 2.47. The summed E-state index contributed by atoms with van der Waals surface area (Å²) < 4.78 is 3.50. The van der Waals surface area contributed by atoms with E-state index in [-0.39, 0.29) is 0 Å². The van der Waals surface area contributed by atoms with Crippen molar-refractivity contribution >= 4 is 28.7 Å². The van der Waals surface area contributed by atoms with E-state index < -0.39 is 0 Å². The molecule has 0 rings (SSSR count). The predicted molar refractivity (Wildman–Crippen MR) is 35.2 cm³/mol. The Hall–Kier alpha value is -0.0400. The summed E-state index contributed by atoms with van der Waals surface area (Å²) in [6.07, 6.45) is 1.75. The monoisotopic (exact) mass is 193 g/mol. The highest BCUT2D eigenvalue weighted by atomic mass is 127. The van der Waals surface area contributed by atoms with Crippen LogP contribution >= 0.6 is 22.9 Å². The van der Waals surface area contributed by atoms with Gasteiger partial charge in [-0.3, -0.25) is 0 Å². The van der Waals surface area contributed by atoms with E-state index >= 15 is 0 Å². The normalized spacial score (nSPS) is 5.00. The van der Waals surface area contributed by atoms with Gasteiger partial charge in [0.05, 0.1) is 22.9 Å². The van der Waals surface area contributed by atoms with Crippen LogP contribution in [0.2, 0.25) is 0 Å². The van der Waals surface area contributed by atoms with Crippen LogP contribution in [0.3, 0.4) is 0 Å². The molecule has 0 aromatic rings. The molecule has 2 heteroatoms. The Labute approximate surface area is 51.0 Å². The van der Waals surface area contributed by atoms with E-state index in [2.05, 4.69) is 14.8 Å². The molecular weight excluding hydrogens is 189 g/mol. The molecule has 0 saturated carbocycles. The Bertz CT molecular complexity index is 90.7. The Kier molecular flexibility index (Phi) is 4.93. The maximum Gasteiger partial charge on any atom is 0.0961 e. The fourth-order valence-corrected chi connectivity index (χ4v) is 0.228. The molecule has 0 radical (unpaired) electrons. The van der Waals surface area contributed by atoms with Gasteiger partial charge in [0.2, 0.25) is 0 Å².